The molecule has 1 saturated heterocycles. The predicted octanol–water partition coefficient (Wildman–Crippen LogP) is 3.09. The summed E-state index contributed by atoms with van der Waals surface area (Å²) in [5.41, 5.74) is 1.40. The molecule has 1 aromatic heterocycles. The van der Waals surface area contributed by atoms with Gasteiger partial charge in [-0.2, -0.15) is 4.31 Å². The van der Waals surface area contributed by atoms with Crippen LogP contribution in [0.25, 0.3) is 11.0 Å². The maximum atomic E-state index is 13.0. The van der Waals surface area contributed by atoms with Crippen molar-refractivity contribution in [2.75, 3.05) is 18.8 Å². The fourth-order valence-corrected chi connectivity index (χ4v) is 6.92. The summed E-state index contributed by atoms with van der Waals surface area (Å²) in [4.78, 5) is 29.1. The van der Waals surface area contributed by atoms with Gasteiger partial charge in [0.2, 0.25) is 15.9 Å². The zero-order chi connectivity index (χ0) is 23.4. The molecule has 0 bridgehead atoms. The molecule has 2 aromatic rings. The molecule has 1 saturated carbocycles. The van der Waals surface area contributed by atoms with Crippen LogP contribution in [0.5, 0.6) is 0 Å². The Morgan fingerprint density at radius 2 is 1.85 bits per heavy atom. The molecule has 0 atom stereocenters. The Hall–Kier alpha value is -2.11. The van der Waals surface area contributed by atoms with Crippen molar-refractivity contribution in [1.82, 2.24) is 24.5 Å². The summed E-state index contributed by atoms with van der Waals surface area (Å²) in [6.07, 6.45) is 6.92. The van der Waals surface area contributed by atoms with Crippen LogP contribution < -0.4 is 10.6 Å². The number of imidazole rings is 1. The van der Waals surface area contributed by atoms with Gasteiger partial charge >= 0.3 is 6.03 Å². The van der Waals surface area contributed by atoms with E-state index in [1.165, 1.54) is 11.8 Å². The van der Waals surface area contributed by atoms with Gasteiger partial charge in [-0.3, -0.25) is 10.1 Å². The number of carbonyl (C=O) groups is 2. The number of fused-ring (bicyclic) bond motifs is 1. The predicted molar refractivity (Wildman–Crippen MR) is 128 cm³/mol. The summed E-state index contributed by atoms with van der Waals surface area (Å²) in [5, 5.41) is 5.84. The fourth-order valence-electron chi connectivity index (χ4n) is 4.50. The van der Waals surface area contributed by atoms with Gasteiger partial charge in [0.05, 0.1) is 21.7 Å². The first-order valence-corrected chi connectivity index (χ1v) is 14.0. The second-order valence-electron chi connectivity index (χ2n) is 8.55. The molecule has 2 heterocycles. The number of benzene rings is 1. The first kappa shape index (κ1) is 24.0. The van der Waals surface area contributed by atoms with E-state index < -0.39 is 22.0 Å². The molecule has 0 radical (unpaired) electrons. The third-order valence-electron chi connectivity index (χ3n) is 6.23. The molecule has 33 heavy (non-hydrogen) atoms. The van der Waals surface area contributed by atoms with Gasteiger partial charge in [0.1, 0.15) is 0 Å². The van der Waals surface area contributed by atoms with Crippen LogP contribution >= 0.6 is 11.8 Å². The number of thioether (sulfide) groups is 1. The minimum atomic E-state index is -3.54. The maximum absolute atomic E-state index is 13.0. The molecule has 0 spiro atoms. The molecule has 1 aliphatic carbocycles. The minimum Gasteiger partial charge on any atom is -0.335 e. The number of hydrogen-bond acceptors (Lipinski definition) is 6. The monoisotopic (exact) mass is 493 g/mol. The lowest BCUT2D eigenvalue weighted by molar-refractivity contribution is -0.117. The smallest absolute Gasteiger partial charge is 0.321 e. The van der Waals surface area contributed by atoms with Crippen LogP contribution in [-0.4, -0.2) is 59.1 Å². The van der Waals surface area contributed by atoms with Crippen LogP contribution in [0.4, 0.5) is 4.79 Å². The highest BCUT2D eigenvalue weighted by atomic mass is 32.2. The van der Waals surface area contributed by atoms with Gasteiger partial charge in [0, 0.05) is 25.7 Å². The Kier molecular flexibility index (Phi) is 7.60. The zero-order valence-corrected chi connectivity index (χ0v) is 20.5. The van der Waals surface area contributed by atoms with Crippen molar-refractivity contribution in [1.29, 1.82) is 0 Å². The number of piperidine rings is 1. The largest absolute Gasteiger partial charge is 0.335 e. The van der Waals surface area contributed by atoms with Crippen molar-refractivity contribution in [2.24, 2.45) is 0 Å². The number of aryl methyl sites for hydroxylation is 1. The standard InChI is InChI=1S/C22H31N5O4S2/c1-2-27-19-11-10-17(33(30,31)26-12-6-3-7-13-26)14-18(19)24-22(27)32-15-20(28)25-21(29)23-16-8-4-5-9-16/h10-11,14,16H,2-9,12-13,15H2,1H3,(H2,23,25,28,29). The number of amides is 3. The van der Waals surface area contributed by atoms with E-state index in [9.17, 15) is 18.0 Å². The minimum absolute atomic E-state index is 0.0420. The summed E-state index contributed by atoms with van der Waals surface area (Å²) in [7, 11) is -3.54. The van der Waals surface area contributed by atoms with Crippen molar-refractivity contribution in [2.45, 2.75) is 74.5 Å². The van der Waals surface area contributed by atoms with Gasteiger partial charge in [0.15, 0.2) is 5.16 Å². The molecular weight excluding hydrogens is 462 g/mol. The molecular formula is C22H31N5O4S2. The Bertz CT molecular complexity index is 1120. The lowest BCUT2D eigenvalue weighted by Gasteiger charge is -2.25. The summed E-state index contributed by atoms with van der Waals surface area (Å²) in [5.74, 6) is -0.348. The number of sulfonamides is 1. The van der Waals surface area contributed by atoms with Crippen LogP contribution in [0.15, 0.2) is 28.3 Å². The van der Waals surface area contributed by atoms with Gasteiger partial charge < -0.3 is 9.88 Å². The number of hydrogen-bond donors (Lipinski definition) is 2. The SMILES string of the molecule is CCn1c(SCC(=O)NC(=O)NC2CCCC2)nc2cc(S(=O)(=O)N3CCCCC3)ccc21. The summed E-state index contributed by atoms with van der Waals surface area (Å²) >= 11 is 1.23. The van der Waals surface area contributed by atoms with E-state index in [2.05, 4.69) is 15.6 Å². The molecule has 180 valence electrons. The molecule has 0 unspecified atom stereocenters. The van der Waals surface area contributed by atoms with Crippen molar-refractivity contribution in [3.63, 3.8) is 0 Å². The van der Waals surface area contributed by atoms with Gasteiger partial charge in [-0.05, 0) is 50.8 Å². The van der Waals surface area contributed by atoms with Crippen molar-refractivity contribution in [3.8, 4) is 0 Å². The first-order chi connectivity index (χ1) is 15.9. The van der Waals surface area contributed by atoms with Crippen molar-refractivity contribution in [3.05, 3.63) is 18.2 Å². The summed E-state index contributed by atoms with van der Waals surface area (Å²) in [6.45, 7) is 3.70. The molecule has 1 aliphatic heterocycles. The van der Waals surface area contributed by atoms with Crippen LogP contribution in [0.2, 0.25) is 0 Å². The van der Waals surface area contributed by atoms with E-state index in [0.29, 0.717) is 30.3 Å². The van der Waals surface area contributed by atoms with Gasteiger partial charge in [0.25, 0.3) is 0 Å². The lowest BCUT2D eigenvalue weighted by Crippen LogP contribution is -2.44. The third-order valence-corrected chi connectivity index (χ3v) is 9.10. The number of nitrogens with one attached hydrogen (secondary N) is 2. The van der Waals surface area contributed by atoms with Gasteiger partial charge in [-0.1, -0.05) is 31.0 Å². The van der Waals surface area contributed by atoms with Crippen LogP contribution in [0, 0.1) is 0 Å². The van der Waals surface area contributed by atoms with Crippen molar-refractivity contribution >= 4 is 44.8 Å². The Balaban J connectivity index is 1.44. The van der Waals surface area contributed by atoms with Crippen LogP contribution in [0.3, 0.4) is 0 Å². The highest BCUT2D eigenvalue weighted by Gasteiger charge is 2.27. The summed E-state index contributed by atoms with van der Waals surface area (Å²) in [6, 6.07) is 4.72. The molecule has 11 heteroatoms. The summed E-state index contributed by atoms with van der Waals surface area (Å²) < 4.78 is 29.6. The number of rotatable bonds is 7. The molecule has 9 nitrogen and oxygen atoms in total. The number of aromatic nitrogens is 2. The van der Waals surface area contributed by atoms with E-state index in [4.69, 9.17) is 0 Å². The van der Waals surface area contributed by atoms with Gasteiger partial charge in [-0.15, -0.1) is 0 Å². The Labute approximate surface area is 198 Å². The number of imide groups is 1. The second kappa shape index (κ2) is 10.4. The Morgan fingerprint density at radius 1 is 1.12 bits per heavy atom. The maximum Gasteiger partial charge on any atom is 0.321 e. The number of urea groups is 1. The normalized spacial score (nSPS) is 18.0. The van der Waals surface area contributed by atoms with Crippen LogP contribution in [0.1, 0.15) is 51.9 Å². The van der Waals surface area contributed by atoms with Crippen LogP contribution in [-0.2, 0) is 21.4 Å². The Morgan fingerprint density at radius 3 is 2.55 bits per heavy atom. The highest BCUT2D eigenvalue weighted by Crippen LogP contribution is 2.28. The van der Waals surface area contributed by atoms with E-state index in [1.54, 1.807) is 22.5 Å². The number of carbonyl (C=O) groups excluding carboxylic acids is 2. The molecule has 1 aromatic carbocycles. The van der Waals surface area contributed by atoms with Crippen molar-refractivity contribution < 1.29 is 18.0 Å². The molecule has 3 amide bonds. The second-order valence-corrected chi connectivity index (χ2v) is 11.4. The third kappa shape index (κ3) is 5.52. The molecule has 4 rings (SSSR count). The molecule has 2 N–H and O–H groups in total. The van der Waals surface area contributed by atoms with E-state index >= 15 is 0 Å². The van der Waals surface area contributed by atoms with E-state index in [0.717, 1.165) is 50.5 Å². The average Bonchev–Trinajstić information content (AvgIpc) is 3.44. The topological polar surface area (TPSA) is 113 Å². The van der Waals surface area contributed by atoms with E-state index in [-0.39, 0.29) is 16.7 Å². The highest BCUT2D eigenvalue weighted by molar-refractivity contribution is 7.99. The van der Waals surface area contributed by atoms with Gasteiger partial charge in [-0.25, -0.2) is 18.2 Å². The van der Waals surface area contributed by atoms with E-state index in [1.807, 2.05) is 11.5 Å². The molecule has 2 fully saturated rings. The molecule has 2 aliphatic rings. The average molecular weight is 494 g/mol. The lowest BCUT2D eigenvalue weighted by atomic mass is 10.2. The first-order valence-electron chi connectivity index (χ1n) is 11.6. The quantitative estimate of drug-likeness (QED) is 0.573. The fraction of sp³-hybridized carbons (Fsp3) is 0.591. The number of nitrogens with zero attached hydrogens (tertiary/aromatic N) is 3. The zero-order valence-electron chi connectivity index (χ0n) is 18.9.